The van der Waals surface area contributed by atoms with Crippen molar-refractivity contribution in [3.05, 3.63) is 29.8 Å². The first-order valence-corrected chi connectivity index (χ1v) is 6.76. The van der Waals surface area contributed by atoms with E-state index in [4.69, 9.17) is 4.74 Å². The molecule has 92 valence electrons. The van der Waals surface area contributed by atoms with Gasteiger partial charge >= 0.3 is 0 Å². The molecular formula is C15H21NO. The monoisotopic (exact) mass is 231 g/mol. The van der Waals surface area contributed by atoms with Crippen LogP contribution in [0.5, 0.6) is 5.75 Å². The van der Waals surface area contributed by atoms with Crippen LogP contribution in [-0.4, -0.2) is 31.1 Å². The molecule has 2 unspecified atom stereocenters. The van der Waals surface area contributed by atoms with E-state index >= 15 is 0 Å². The molecule has 0 saturated carbocycles. The standard InChI is InChI=1S/C15H21NO/c1-17-13-8-6-12(7-9-13)14-4-2-10-16-11-3-5-15(14)16/h6-9,14-15H,2-5,10-11H2,1H3. The van der Waals surface area contributed by atoms with Crippen LogP contribution in [-0.2, 0) is 0 Å². The van der Waals surface area contributed by atoms with Gasteiger partial charge in [0.05, 0.1) is 7.11 Å². The summed E-state index contributed by atoms with van der Waals surface area (Å²) in [6, 6.07) is 9.51. The van der Waals surface area contributed by atoms with Crippen molar-refractivity contribution in [3.63, 3.8) is 0 Å². The minimum Gasteiger partial charge on any atom is -0.497 e. The maximum Gasteiger partial charge on any atom is 0.118 e. The number of methoxy groups -OCH3 is 1. The second-order valence-corrected chi connectivity index (χ2v) is 5.27. The zero-order valence-electron chi connectivity index (χ0n) is 10.6. The molecule has 2 aliphatic heterocycles. The van der Waals surface area contributed by atoms with Crippen molar-refractivity contribution < 1.29 is 4.74 Å². The van der Waals surface area contributed by atoms with Crippen LogP contribution in [0.3, 0.4) is 0 Å². The largest absolute Gasteiger partial charge is 0.497 e. The molecule has 2 aliphatic rings. The molecule has 0 amide bonds. The third-order valence-corrected chi connectivity index (χ3v) is 4.38. The predicted molar refractivity (Wildman–Crippen MR) is 69.6 cm³/mol. The summed E-state index contributed by atoms with van der Waals surface area (Å²) < 4.78 is 5.23. The number of hydrogen-bond acceptors (Lipinski definition) is 2. The van der Waals surface area contributed by atoms with E-state index < -0.39 is 0 Å². The van der Waals surface area contributed by atoms with E-state index in [1.165, 1.54) is 44.3 Å². The Kier molecular flexibility index (Phi) is 3.06. The maximum atomic E-state index is 5.23. The topological polar surface area (TPSA) is 12.5 Å². The lowest BCUT2D eigenvalue weighted by Gasteiger charge is -2.37. The zero-order valence-corrected chi connectivity index (χ0v) is 10.6. The molecule has 0 aromatic heterocycles. The van der Waals surface area contributed by atoms with Crippen molar-refractivity contribution in [2.75, 3.05) is 20.2 Å². The summed E-state index contributed by atoms with van der Waals surface area (Å²) in [5.41, 5.74) is 1.50. The molecule has 1 aromatic rings. The number of nitrogens with zero attached hydrogens (tertiary/aromatic N) is 1. The van der Waals surface area contributed by atoms with Crippen molar-refractivity contribution in [2.45, 2.75) is 37.6 Å². The van der Waals surface area contributed by atoms with E-state index in [2.05, 4.69) is 29.2 Å². The summed E-state index contributed by atoms with van der Waals surface area (Å²) >= 11 is 0. The first kappa shape index (κ1) is 11.1. The summed E-state index contributed by atoms with van der Waals surface area (Å²) in [5.74, 6) is 1.71. The lowest BCUT2D eigenvalue weighted by molar-refractivity contribution is 0.172. The van der Waals surface area contributed by atoms with Crippen LogP contribution in [0.2, 0.25) is 0 Å². The summed E-state index contributed by atoms with van der Waals surface area (Å²) in [5, 5.41) is 0. The van der Waals surface area contributed by atoms with E-state index in [1.54, 1.807) is 7.11 Å². The minimum absolute atomic E-state index is 0.747. The van der Waals surface area contributed by atoms with Gasteiger partial charge in [-0.25, -0.2) is 0 Å². The Morgan fingerprint density at radius 2 is 1.76 bits per heavy atom. The molecule has 2 heterocycles. The highest BCUT2D eigenvalue weighted by Crippen LogP contribution is 2.38. The number of benzene rings is 1. The summed E-state index contributed by atoms with van der Waals surface area (Å²) in [6.45, 7) is 2.63. The highest BCUT2D eigenvalue weighted by atomic mass is 16.5. The van der Waals surface area contributed by atoms with E-state index in [1.807, 2.05) is 0 Å². The van der Waals surface area contributed by atoms with Gasteiger partial charge in [-0.15, -0.1) is 0 Å². The van der Waals surface area contributed by atoms with Gasteiger partial charge in [-0.05, 0) is 62.4 Å². The third kappa shape index (κ3) is 2.06. The summed E-state index contributed by atoms with van der Waals surface area (Å²) in [6.07, 6.45) is 5.48. The van der Waals surface area contributed by atoms with Crippen LogP contribution in [0.1, 0.15) is 37.2 Å². The SMILES string of the molecule is COc1ccc(C2CCCN3CCCC23)cc1. The highest BCUT2D eigenvalue weighted by molar-refractivity contribution is 5.30. The highest BCUT2D eigenvalue weighted by Gasteiger charge is 2.35. The van der Waals surface area contributed by atoms with Gasteiger partial charge in [-0.2, -0.15) is 0 Å². The molecule has 3 rings (SSSR count). The first-order chi connectivity index (χ1) is 8.38. The molecule has 2 fully saturated rings. The van der Waals surface area contributed by atoms with Gasteiger partial charge in [0.25, 0.3) is 0 Å². The number of piperidine rings is 1. The van der Waals surface area contributed by atoms with Gasteiger partial charge in [-0.3, -0.25) is 4.90 Å². The lowest BCUT2D eigenvalue weighted by Crippen LogP contribution is -2.39. The Balaban J connectivity index is 1.81. The van der Waals surface area contributed by atoms with Crippen molar-refractivity contribution >= 4 is 0 Å². The van der Waals surface area contributed by atoms with Crippen molar-refractivity contribution in [1.29, 1.82) is 0 Å². The third-order valence-electron chi connectivity index (χ3n) is 4.38. The molecular weight excluding hydrogens is 210 g/mol. The zero-order chi connectivity index (χ0) is 11.7. The van der Waals surface area contributed by atoms with Crippen LogP contribution >= 0.6 is 0 Å². The van der Waals surface area contributed by atoms with Crippen molar-refractivity contribution in [3.8, 4) is 5.75 Å². The molecule has 2 heteroatoms. The molecule has 17 heavy (non-hydrogen) atoms. The minimum atomic E-state index is 0.747. The number of ether oxygens (including phenoxy) is 1. The Hall–Kier alpha value is -1.02. The molecule has 0 spiro atoms. The number of fused-ring (bicyclic) bond motifs is 1. The van der Waals surface area contributed by atoms with Gasteiger partial charge in [0, 0.05) is 6.04 Å². The molecule has 0 aliphatic carbocycles. The van der Waals surface area contributed by atoms with Crippen LogP contribution in [0, 0.1) is 0 Å². The van der Waals surface area contributed by atoms with Gasteiger partial charge in [0.15, 0.2) is 0 Å². The summed E-state index contributed by atoms with van der Waals surface area (Å²) in [4.78, 5) is 2.69. The Bertz CT molecular complexity index is 373. The smallest absolute Gasteiger partial charge is 0.118 e. The van der Waals surface area contributed by atoms with Crippen molar-refractivity contribution in [2.24, 2.45) is 0 Å². The van der Waals surface area contributed by atoms with Crippen LogP contribution in [0.25, 0.3) is 0 Å². The molecule has 1 aromatic carbocycles. The molecule has 2 atom stereocenters. The van der Waals surface area contributed by atoms with E-state index in [0.29, 0.717) is 0 Å². The fourth-order valence-corrected chi connectivity index (χ4v) is 3.53. The van der Waals surface area contributed by atoms with Crippen LogP contribution in [0.4, 0.5) is 0 Å². The van der Waals surface area contributed by atoms with Crippen LogP contribution in [0.15, 0.2) is 24.3 Å². The second kappa shape index (κ2) is 4.69. The number of rotatable bonds is 2. The predicted octanol–water partition coefficient (Wildman–Crippen LogP) is 3.04. The Morgan fingerprint density at radius 3 is 2.47 bits per heavy atom. The normalized spacial score (nSPS) is 29.0. The van der Waals surface area contributed by atoms with Gasteiger partial charge in [0.2, 0.25) is 0 Å². The first-order valence-electron chi connectivity index (χ1n) is 6.76. The van der Waals surface area contributed by atoms with E-state index in [9.17, 15) is 0 Å². The second-order valence-electron chi connectivity index (χ2n) is 5.27. The summed E-state index contributed by atoms with van der Waals surface area (Å²) in [7, 11) is 1.73. The molecule has 2 saturated heterocycles. The van der Waals surface area contributed by atoms with Gasteiger partial charge in [0.1, 0.15) is 5.75 Å². The quantitative estimate of drug-likeness (QED) is 0.775. The maximum absolute atomic E-state index is 5.23. The average Bonchev–Trinajstić information content (AvgIpc) is 2.87. The van der Waals surface area contributed by atoms with E-state index in [-0.39, 0.29) is 0 Å². The van der Waals surface area contributed by atoms with Crippen molar-refractivity contribution in [1.82, 2.24) is 4.90 Å². The molecule has 0 N–H and O–H groups in total. The Morgan fingerprint density at radius 1 is 1.06 bits per heavy atom. The van der Waals surface area contributed by atoms with E-state index in [0.717, 1.165) is 17.7 Å². The fraction of sp³-hybridized carbons (Fsp3) is 0.600. The molecule has 0 bridgehead atoms. The van der Waals surface area contributed by atoms with Gasteiger partial charge in [-0.1, -0.05) is 12.1 Å². The molecule has 2 nitrogen and oxygen atoms in total. The lowest BCUT2D eigenvalue weighted by atomic mass is 9.83. The molecule has 0 radical (unpaired) electrons. The fourth-order valence-electron chi connectivity index (χ4n) is 3.53. The number of hydrogen-bond donors (Lipinski definition) is 0. The average molecular weight is 231 g/mol. The Labute approximate surface area is 104 Å². The van der Waals surface area contributed by atoms with Crippen LogP contribution < -0.4 is 4.74 Å². The van der Waals surface area contributed by atoms with Gasteiger partial charge < -0.3 is 4.74 Å².